The van der Waals surface area contributed by atoms with Crippen LogP contribution in [0.15, 0.2) is 64.7 Å². The van der Waals surface area contributed by atoms with Crippen molar-refractivity contribution in [3.8, 4) is 6.07 Å². The number of H-pyrrole nitrogens is 1. The number of benzene rings is 2. The maximum absolute atomic E-state index is 13.6. The van der Waals surface area contributed by atoms with Crippen molar-refractivity contribution >= 4 is 17.6 Å². The molecule has 0 fully saturated rings. The van der Waals surface area contributed by atoms with Crippen LogP contribution in [0.25, 0.3) is 0 Å². The van der Waals surface area contributed by atoms with E-state index in [1.807, 2.05) is 13.8 Å². The summed E-state index contributed by atoms with van der Waals surface area (Å²) in [6, 6.07) is 10.5. The van der Waals surface area contributed by atoms with Crippen LogP contribution in [0.4, 0.5) is 24.8 Å². The molecule has 0 saturated heterocycles. The standard InChI is InChI=1S/C31H29F3N8O3/c1-17-15-37-25(38-18(17)2)16-36-11-10-21-12-20(14-35)8-9-24(21)27-26(28(43)45-4)19(3)41(29-39-40-30(44)42(27)29)23-7-5-6-22(13-23)31(32,33)34/h5-9,12-13,15,27,36H,10-11,16H2,1-4H3,(H,40,44). The minimum Gasteiger partial charge on any atom is -0.466 e. The zero-order chi connectivity index (χ0) is 32.5. The molecule has 3 heterocycles. The zero-order valence-corrected chi connectivity index (χ0v) is 24.9. The van der Waals surface area contributed by atoms with Gasteiger partial charge in [-0.3, -0.25) is 4.90 Å². The van der Waals surface area contributed by atoms with E-state index in [4.69, 9.17) is 4.74 Å². The van der Waals surface area contributed by atoms with E-state index in [0.29, 0.717) is 42.0 Å². The van der Waals surface area contributed by atoms with Crippen molar-refractivity contribution in [3.63, 3.8) is 0 Å². The highest BCUT2D eigenvalue weighted by Gasteiger charge is 2.41. The number of halogens is 3. The molecule has 2 aromatic carbocycles. The maximum atomic E-state index is 13.6. The normalized spacial score (nSPS) is 14.7. The van der Waals surface area contributed by atoms with E-state index in [9.17, 15) is 28.0 Å². The van der Waals surface area contributed by atoms with Gasteiger partial charge < -0.3 is 10.1 Å². The fourth-order valence-corrected chi connectivity index (χ4v) is 5.32. The Bertz CT molecular complexity index is 1900. The Hall–Kier alpha value is -5.29. The van der Waals surface area contributed by atoms with Gasteiger partial charge in [0.1, 0.15) is 11.9 Å². The molecule has 14 heteroatoms. The first-order valence-electron chi connectivity index (χ1n) is 13.9. The van der Waals surface area contributed by atoms with Crippen molar-refractivity contribution in [2.24, 2.45) is 0 Å². The summed E-state index contributed by atoms with van der Waals surface area (Å²) in [6.45, 7) is 6.21. The summed E-state index contributed by atoms with van der Waals surface area (Å²) in [7, 11) is 1.18. The van der Waals surface area contributed by atoms with Crippen LogP contribution in [-0.2, 0) is 28.7 Å². The Kier molecular flexibility index (Phi) is 8.56. The Labute approximate surface area is 256 Å². The summed E-state index contributed by atoms with van der Waals surface area (Å²) in [5.41, 5.74) is 2.09. The highest BCUT2D eigenvalue weighted by atomic mass is 19.4. The number of nitrogens with one attached hydrogen (secondary N) is 2. The number of aryl methyl sites for hydroxylation is 2. The van der Waals surface area contributed by atoms with Gasteiger partial charge in [-0.05, 0) is 80.8 Å². The molecule has 1 unspecified atom stereocenters. The number of carbonyl (C=O) groups excluding carboxylic acids is 1. The Balaban J connectivity index is 1.59. The molecule has 232 valence electrons. The number of hydrogen-bond acceptors (Lipinski definition) is 9. The second-order valence-electron chi connectivity index (χ2n) is 10.5. The molecule has 0 amide bonds. The number of fused-ring (bicyclic) bond motifs is 1. The summed E-state index contributed by atoms with van der Waals surface area (Å²) in [5, 5.41) is 19.5. The van der Waals surface area contributed by atoms with Crippen molar-refractivity contribution in [2.75, 3.05) is 18.6 Å². The number of aromatic amines is 1. The number of rotatable bonds is 8. The molecule has 4 aromatic rings. The number of nitriles is 1. The molecule has 0 spiro atoms. The van der Waals surface area contributed by atoms with E-state index in [-0.39, 0.29) is 22.9 Å². The fraction of sp³-hybridized carbons (Fsp3) is 0.290. The van der Waals surface area contributed by atoms with E-state index in [2.05, 4.69) is 31.6 Å². The predicted molar refractivity (Wildman–Crippen MR) is 157 cm³/mol. The minimum absolute atomic E-state index is 0.0187. The number of nitrogens with zero attached hydrogens (tertiary/aromatic N) is 6. The Morgan fingerprint density at radius 2 is 1.96 bits per heavy atom. The smallest absolute Gasteiger partial charge is 0.416 e. The maximum Gasteiger partial charge on any atom is 0.416 e. The molecular formula is C31H29F3N8O3. The molecule has 5 rings (SSSR count). The molecular weight excluding hydrogens is 589 g/mol. The van der Waals surface area contributed by atoms with E-state index in [0.717, 1.165) is 23.4 Å². The van der Waals surface area contributed by atoms with Crippen LogP contribution in [0, 0.1) is 25.2 Å². The van der Waals surface area contributed by atoms with Crippen molar-refractivity contribution in [1.82, 2.24) is 30.0 Å². The van der Waals surface area contributed by atoms with Gasteiger partial charge in [0.25, 0.3) is 0 Å². The second-order valence-corrected chi connectivity index (χ2v) is 10.5. The summed E-state index contributed by atoms with van der Waals surface area (Å²) >= 11 is 0. The SMILES string of the molecule is COC(=O)C1=C(C)N(c2cccc(C(F)(F)F)c2)c2n[nH]c(=O)n2C1c1ccc(C#N)cc1CCNCc1ncc(C)c(C)n1. The van der Waals surface area contributed by atoms with Gasteiger partial charge in [-0.25, -0.2) is 29.2 Å². The van der Waals surface area contributed by atoms with Crippen LogP contribution in [0.2, 0.25) is 0 Å². The lowest BCUT2D eigenvalue weighted by molar-refractivity contribution is -0.138. The van der Waals surface area contributed by atoms with E-state index in [1.165, 1.54) is 28.7 Å². The average molecular weight is 619 g/mol. The number of allylic oxidation sites excluding steroid dienone is 1. The van der Waals surface area contributed by atoms with Crippen LogP contribution < -0.4 is 15.9 Å². The first kappa shape index (κ1) is 31.1. The van der Waals surface area contributed by atoms with Gasteiger partial charge in [-0.1, -0.05) is 12.1 Å². The molecule has 45 heavy (non-hydrogen) atoms. The van der Waals surface area contributed by atoms with Crippen LogP contribution >= 0.6 is 0 Å². The van der Waals surface area contributed by atoms with Crippen LogP contribution in [0.5, 0.6) is 0 Å². The van der Waals surface area contributed by atoms with Crippen LogP contribution in [0.1, 0.15) is 52.3 Å². The molecule has 1 aliphatic rings. The lowest BCUT2D eigenvalue weighted by atomic mass is 9.89. The van der Waals surface area contributed by atoms with E-state index in [1.54, 1.807) is 31.3 Å². The van der Waals surface area contributed by atoms with Gasteiger partial charge in [-0.2, -0.15) is 18.4 Å². The number of anilines is 2. The third kappa shape index (κ3) is 6.07. The molecule has 0 saturated carbocycles. The summed E-state index contributed by atoms with van der Waals surface area (Å²) in [5.74, 6) is -0.185. The largest absolute Gasteiger partial charge is 0.466 e. The fourth-order valence-electron chi connectivity index (χ4n) is 5.32. The van der Waals surface area contributed by atoms with Gasteiger partial charge in [0.05, 0.1) is 36.4 Å². The Morgan fingerprint density at radius 3 is 2.64 bits per heavy atom. The first-order chi connectivity index (χ1) is 21.4. The molecule has 2 aromatic heterocycles. The zero-order valence-electron chi connectivity index (χ0n) is 24.9. The molecule has 2 N–H and O–H groups in total. The second kappa shape index (κ2) is 12.4. The van der Waals surface area contributed by atoms with E-state index >= 15 is 0 Å². The third-order valence-electron chi connectivity index (χ3n) is 7.68. The molecule has 0 aliphatic carbocycles. The number of alkyl halides is 3. The van der Waals surface area contributed by atoms with Gasteiger partial charge in [0, 0.05) is 23.3 Å². The number of esters is 1. The van der Waals surface area contributed by atoms with Gasteiger partial charge in [0.2, 0.25) is 5.95 Å². The van der Waals surface area contributed by atoms with Crippen molar-refractivity contribution in [3.05, 3.63) is 110 Å². The Morgan fingerprint density at radius 1 is 1.18 bits per heavy atom. The van der Waals surface area contributed by atoms with Gasteiger partial charge >= 0.3 is 17.8 Å². The number of hydrogen-bond donors (Lipinski definition) is 2. The van der Waals surface area contributed by atoms with E-state index < -0.39 is 29.4 Å². The van der Waals surface area contributed by atoms with Crippen molar-refractivity contribution < 1.29 is 22.7 Å². The summed E-state index contributed by atoms with van der Waals surface area (Å²) < 4.78 is 47.2. The topological polar surface area (TPSA) is 142 Å². The highest BCUT2D eigenvalue weighted by molar-refractivity contribution is 5.93. The number of methoxy groups -OCH3 is 1. The predicted octanol–water partition coefficient (Wildman–Crippen LogP) is 4.39. The number of aromatic nitrogens is 5. The first-order valence-corrected chi connectivity index (χ1v) is 13.9. The summed E-state index contributed by atoms with van der Waals surface area (Å²) in [4.78, 5) is 36.8. The number of ether oxygens (including phenoxy) is 1. The number of carbonyl (C=O) groups is 1. The monoisotopic (exact) mass is 618 g/mol. The highest BCUT2D eigenvalue weighted by Crippen LogP contribution is 2.43. The molecule has 11 nitrogen and oxygen atoms in total. The molecule has 1 atom stereocenters. The van der Waals surface area contributed by atoms with Crippen molar-refractivity contribution in [2.45, 2.75) is 46.0 Å². The quantitative estimate of drug-likeness (QED) is 0.217. The van der Waals surface area contributed by atoms with Gasteiger partial charge in [0.15, 0.2) is 0 Å². The van der Waals surface area contributed by atoms with Gasteiger partial charge in [-0.15, -0.1) is 5.10 Å². The third-order valence-corrected chi connectivity index (χ3v) is 7.68. The molecule has 0 bridgehead atoms. The molecule has 1 aliphatic heterocycles. The lowest BCUT2D eigenvalue weighted by Gasteiger charge is -2.36. The lowest BCUT2D eigenvalue weighted by Crippen LogP contribution is -2.38. The summed E-state index contributed by atoms with van der Waals surface area (Å²) in [6.07, 6.45) is -2.49. The minimum atomic E-state index is -4.63. The van der Waals surface area contributed by atoms with Crippen molar-refractivity contribution in [1.29, 1.82) is 5.26 Å². The van der Waals surface area contributed by atoms with Crippen LogP contribution in [0.3, 0.4) is 0 Å². The van der Waals surface area contributed by atoms with Crippen LogP contribution in [-0.4, -0.2) is 44.4 Å². The molecule has 0 radical (unpaired) electrons. The average Bonchev–Trinajstić information content (AvgIpc) is 3.40.